The van der Waals surface area contributed by atoms with Gasteiger partial charge in [-0.05, 0) is 25.5 Å². The number of carbonyl (C=O) groups excluding carboxylic acids is 1. The molecule has 0 saturated carbocycles. The van der Waals surface area contributed by atoms with Crippen LogP contribution in [0.2, 0.25) is 0 Å². The molecule has 148 valence electrons. The van der Waals surface area contributed by atoms with Crippen molar-refractivity contribution < 1.29 is 4.79 Å². The number of hydrogen-bond acceptors (Lipinski definition) is 6. The van der Waals surface area contributed by atoms with Crippen molar-refractivity contribution in [3.05, 3.63) is 81.0 Å². The highest BCUT2D eigenvalue weighted by molar-refractivity contribution is 7.15. The van der Waals surface area contributed by atoms with Crippen molar-refractivity contribution in [2.24, 2.45) is 0 Å². The van der Waals surface area contributed by atoms with E-state index in [0.717, 1.165) is 16.3 Å². The molecule has 8 nitrogen and oxygen atoms in total. The Kier molecular flexibility index (Phi) is 5.22. The van der Waals surface area contributed by atoms with Gasteiger partial charge in [0, 0.05) is 43.1 Å². The number of amides is 1. The Morgan fingerprint density at radius 3 is 2.79 bits per heavy atom. The Morgan fingerprint density at radius 2 is 2.03 bits per heavy atom. The Balaban J connectivity index is 1.46. The highest BCUT2D eigenvalue weighted by Gasteiger charge is 2.16. The fourth-order valence-corrected chi connectivity index (χ4v) is 3.75. The molecule has 4 rings (SSSR count). The van der Waals surface area contributed by atoms with E-state index in [2.05, 4.69) is 20.3 Å². The van der Waals surface area contributed by atoms with Gasteiger partial charge in [-0.15, -0.1) is 11.3 Å². The maximum atomic E-state index is 12.9. The van der Waals surface area contributed by atoms with E-state index in [1.165, 1.54) is 4.57 Å². The first-order valence-corrected chi connectivity index (χ1v) is 10.1. The summed E-state index contributed by atoms with van der Waals surface area (Å²) in [5.74, 6) is -0.377. The predicted octanol–water partition coefficient (Wildman–Crippen LogP) is 1.99. The molecule has 0 atom stereocenters. The Hall–Kier alpha value is -3.33. The molecule has 29 heavy (non-hydrogen) atoms. The molecule has 0 aromatic carbocycles. The summed E-state index contributed by atoms with van der Waals surface area (Å²) in [5.41, 5.74) is 2.82. The lowest BCUT2D eigenvalue weighted by Crippen LogP contribution is -2.35. The number of aromatic nitrogens is 5. The number of pyridine rings is 1. The van der Waals surface area contributed by atoms with Gasteiger partial charge in [0.05, 0.1) is 29.8 Å². The monoisotopic (exact) mass is 408 g/mol. The molecule has 0 radical (unpaired) electrons. The van der Waals surface area contributed by atoms with Gasteiger partial charge in [0.25, 0.3) is 11.5 Å². The maximum absolute atomic E-state index is 12.9. The normalized spacial score (nSPS) is 11.1. The van der Waals surface area contributed by atoms with Crippen molar-refractivity contribution in [1.29, 1.82) is 0 Å². The van der Waals surface area contributed by atoms with Crippen LogP contribution in [0.15, 0.2) is 47.2 Å². The average Bonchev–Trinajstić information content (AvgIpc) is 3.28. The zero-order valence-corrected chi connectivity index (χ0v) is 16.9. The first kappa shape index (κ1) is 19.0. The van der Waals surface area contributed by atoms with E-state index in [-0.39, 0.29) is 23.6 Å². The predicted molar refractivity (Wildman–Crippen MR) is 110 cm³/mol. The van der Waals surface area contributed by atoms with Gasteiger partial charge in [0.2, 0.25) is 0 Å². The van der Waals surface area contributed by atoms with E-state index < -0.39 is 0 Å². The lowest BCUT2D eigenvalue weighted by Gasteiger charge is -2.11. The van der Waals surface area contributed by atoms with E-state index in [1.807, 2.05) is 29.1 Å². The summed E-state index contributed by atoms with van der Waals surface area (Å²) < 4.78 is 3.43. The minimum absolute atomic E-state index is 0.151. The fraction of sp³-hybridized carbons (Fsp3) is 0.250. The molecule has 0 aliphatic heterocycles. The lowest BCUT2D eigenvalue weighted by molar-refractivity contribution is 0.0951. The van der Waals surface area contributed by atoms with Crippen LogP contribution in [-0.2, 0) is 13.0 Å². The number of thiazole rings is 1. The third kappa shape index (κ3) is 4.09. The molecule has 1 N–H and O–H groups in total. The van der Waals surface area contributed by atoms with Crippen molar-refractivity contribution in [3.63, 3.8) is 0 Å². The van der Waals surface area contributed by atoms with E-state index >= 15 is 0 Å². The van der Waals surface area contributed by atoms with E-state index in [0.29, 0.717) is 24.2 Å². The van der Waals surface area contributed by atoms with Crippen LogP contribution in [0.3, 0.4) is 0 Å². The largest absolute Gasteiger partial charge is 0.351 e. The van der Waals surface area contributed by atoms with Gasteiger partial charge >= 0.3 is 0 Å². The summed E-state index contributed by atoms with van der Waals surface area (Å²) in [4.78, 5) is 39.4. The fourth-order valence-electron chi connectivity index (χ4n) is 3.03. The number of nitrogens with one attached hydrogen (secondary N) is 1. The minimum Gasteiger partial charge on any atom is -0.351 e. The molecule has 0 fully saturated rings. The number of imidazole rings is 1. The second kappa shape index (κ2) is 7.96. The van der Waals surface area contributed by atoms with Gasteiger partial charge in [0.15, 0.2) is 4.96 Å². The molecule has 0 unspecified atom stereocenters. The molecule has 0 spiro atoms. The number of nitrogens with zero attached hydrogens (tertiary/aromatic N) is 5. The standard InChI is InChI=1S/C20H20N6O2S/c1-13-4-6-25(12-16-10-22-14(2)9-23-16)19(28)17(13)18(27)21-5-3-15-11-26-7-8-29-20(26)24-15/h4,6-11H,3,5,12H2,1-2H3,(H,21,27). The van der Waals surface area contributed by atoms with Crippen LogP contribution in [-0.4, -0.2) is 36.4 Å². The Morgan fingerprint density at radius 1 is 1.17 bits per heavy atom. The summed E-state index contributed by atoms with van der Waals surface area (Å²) in [6.45, 7) is 4.28. The SMILES string of the molecule is Cc1cnc(Cn2ccc(C)c(C(=O)NCCc3cn4ccsc4n3)c2=O)cn1. The zero-order chi connectivity index (χ0) is 20.4. The van der Waals surface area contributed by atoms with Crippen LogP contribution in [0.4, 0.5) is 0 Å². The molecule has 4 heterocycles. The number of rotatable bonds is 6. The average molecular weight is 408 g/mol. The summed E-state index contributed by atoms with van der Waals surface area (Å²) in [5, 5.41) is 4.81. The van der Waals surface area contributed by atoms with Crippen molar-refractivity contribution in [2.75, 3.05) is 6.54 Å². The molecule has 0 aliphatic carbocycles. The zero-order valence-electron chi connectivity index (χ0n) is 16.1. The topological polar surface area (TPSA) is 94.2 Å². The van der Waals surface area contributed by atoms with E-state index in [4.69, 9.17) is 0 Å². The number of aryl methyl sites for hydroxylation is 2. The summed E-state index contributed by atoms with van der Waals surface area (Å²) in [7, 11) is 0. The molecular formula is C20H20N6O2S. The highest BCUT2D eigenvalue weighted by Crippen LogP contribution is 2.11. The third-order valence-corrected chi connectivity index (χ3v) is 5.35. The molecule has 4 aromatic heterocycles. The van der Waals surface area contributed by atoms with Crippen LogP contribution in [0.1, 0.15) is 33.0 Å². The summed E-state index contributed by atoms with van der Waals surface area (Å²) in [6.07, 6.45) is 9.46. The van der Waals surface area contributed by atoms with Crippen molar-refractivity contribution in [1.82, 2.24) is 29.2 Å². The Labute approximate surface area is 170 Å². The summed E-state index contributed by atoms with van der Waals surface area (Å²) in [6, 6.07) is 1.77. The van der Waals surface area contributed by atoms with E-state index in [1.54, 1.807) is 42.9 Å². The van der Waals surface area contributed by atoms with Gasteiger partial charge in [-0.3, -0.25) is 24.0 Å². The van der Waals surface area contributed by atoms with Crippen molar-refractivity contribution >= 4 is 22.2 Å². The second-order valence-electron chi connectivity index (χ2n) is 6.79. The van der Waals surface area contributed by atoms with Crippen LogP contribution in [0.25, 0.3) is 4.96 Å². The smallest absolute Gasteiger partial charge is 0.264 e. The first-order chi connectivity index (χ1) is 14.0. The highest BCUT2D eigenvalue weighted by atomic mass is 32.1. The van der Waals surface area contributed by atoms with Gasteiger partial charge in [0.1, 0.15) is 5.56 Å². The minimum atomic E-state index is -0.377. The van der Waals surface area contributed by atoms with Crippen molar-refractivity contribution in [2.45, 2.75) is 26.8 Å². The molecule has 0 aliphatic rings. The summed E-state index contributed by atoms with van der Waals surface area (Å²) >= 11 is 1.56. The maximum Gasteiger partial charge on any atom is 0.264 e. The van der Waals surface area contributed by atoms with Gasteiger partial charge < -0.3 is 9.88 Å². The van der Waals surface area contributed by atoms with Gasteiger partial charge in [-0.2, -0.15) is 0 Å². The van der Waals surface area contributed by atoms with Crippen LogP contribution in [0.5, 0.6) is 0 Å². The van der Waals surface area contributed by atoms with Crippen LogP contribution in [0, 0.1) is 13.8 Å². The quantitative estimate of drug-likeness (QED) is 0.527. The molecule has 1 amide bonds. The van der Waals surface area contributed by atoms with Crippen LogP contribution < -0.4 is 10.9 Å². The molecule has 0 saturated heterocycles. The van der Waals surface area contributed by atoms with E-state index in [9.17, 15) is 9.59 Å². The van der Waals surface area contributed by atoms with Crippen molar-refractivity contribution in [3.8, 4) is 0 Å². The number of carbonyl (C=O) groups is 1. The molecular weight excluding hydrogens is 388 g/mol. The van der Waals surface area contributed by atoms with Gasteiger partial charge in [-0.1, -0.05) is 0 Å². The Bertz CT molecular complexity index is 1190. The second-order valence-corrected chi connectivity index (χ2v) is 7.66. The third-order valence-electron chi connectivity index (χ3n) is 4.58. The molecule has 4 aromatic rings. The first-order valence-electron chi connectivity index (χ1n) is 9.18. The molecule has 9 heteroatoms. The number of fused-ring (bicyclic) bond motifs is 1. The van der Waals surface area contributed by atoms with Gasteiger partial charge in [-0.25, -0.2) is 4.98 Å². The number of hydrogen-bond donors (Lipinski definition) is 1. The van der Waals surface area contributed by atoms with Crippen LogP contribution >= 0.6 is 11.3 Å². The lowest BCUT2D eigenvalue weighted by atomic mass is 10.1. The molecule has 0 bridgehead atoms.